The minimum atomic E-state index is -0.0981. The fourth-order valence-corrected chi connectivity index (χ4v) is 3.86. The fraction of sp³-hybridized carbons (Fsp3) is 0.450. The van der Waals surface area contributed by atoms with E-state index >= 15 is 0 Å². The van der Waals surface area contributed by atoms with Gasteiger partial charge in [0.1, 0.15) is 5.82 Å². The van der Waals surface area contributed by atoms with Crippen LogP contribution in [0.1, 0.15) is 47.6 Å². The Labute approximate surface area is 168 Å². The van der Waals surface area contributed by atoms with Crippen LogP contribution in [0, 0.1) is 0 Å². The fourth-order valence-electron chi connectivity index (χ4n) is 3.86. The molecule has 0 spiro atoms. The molecule has 0 atom stereocenters. The third-order valence-electron chi connectivity index (χ3n) is 5.41. The van der Waals surface area contributed by atoms with E-state index in [2.05, 4.69) is 15.4 Å². The van der Waals surface area contributed by atoms with Crippen molar-refractivity contribution in [2.75, 3.05) is 13.1 Å². The molecule has 0 radical (unpaired) electrons. The molecule has 2 aromatic heterocycles. The molecule has 3 aromatic rings. The Bertz CT molecular complexity index is 1040. The molecule has 9 nitrogen and oxygen atoms in total. The quantitative estimate of drug-likeness (QED) is 0.649. The van der Waals surface area contributed by atoms with Crippen molar-refractivity contribution in [3.05, 3.63) is 64.1 Å². The molecule has 4 rings (SSSR count). The van der Waals surface area contributed by atoms with E-state index in [4.69, 9.17) is 0 Å². The van der Waals surface area contributed by atoms with Crippen LogP contribution in [-0.2, 0) is 20.1 Å². The molecule has 0 saturated carbocycles. The zero-order valence-electron chi connectivity index (χ0n) is 16.7. The number of rotatable bonds is 5. The van der Waals surface area contributed by atoms with Crippen LogP contribution in [0.25, 0.3) is 0 Å². The minimum absolute atomic E-state index is 0.0792. The first-order valence-electron chi connectivity index (χ1n) is 9.94. The lowest BCUT2D eigenvalue weighted by molar-refractivity contribution is 0.0704. The molecule has 0 bridgehead atoms. The van der Waals surface area contributed by atoms with Gasteiger partial charge in [-0.3, -0.25) is 14.0 Å². The van der Waals surface area contributed by atoms with Gasteiger partial charge in [0.05, 0.1) is 12.7 Å². The molecule has 3 heterocycles. The molecular formula is C20H25N7O2. The van der Waals surface area contributed by atoms with Crippen LogP contribution in [0.2, 0.25) is 0 Å². The molecule has 9 heteroatoms. The molecule has 0 N–H and O–H groups in total. The van der Waals surface area contributed by atoms with Crippen molar-refractivity contribution in [3.8, 4) is 0 Å². The van der Waals surface area contributed by atoms with E-state index in [1.165, 1.54) is 4.68 Å². The Morgan fingerprint density at radius 2 is 1.90 bits per heavy atom. The van der Waals surface area contributed by atoms with Crippen LogP contribution in [-0.4, -0.2) is 53.2 Å². The van der Waals surface area contributed by atoms with Gasteiger partial charge in [-0.15, -0.1) is 5.10 Å². The summed E-state index contributed by atoms with van der Waals surface area (Å²) in [5, 5.41) is 12.4. The summed E-state index contributed by atoms with van der Waals surface area (Å²) in [4.78, 5) is 27.2. The summed E-state index contributed by atoms with van der Waals surface area (Å²) in [6.07, 6.45) is 3.18. The van der Waals surface area contributed by atoms with Gasteiger partial charge in [-0.25, -0.2) is 9.48 Å². The first kappa shape index (κ1) is 19.1. The van der Waals surface area contributed by atoms with Gasteiger partial charge in [-0.2, -0.15) is 5.10 Å². The second-order valence-corrected chi connectivity index (χ2v) is 7.37. The molecule has 1 amide bonds. The second-order valence-electron chi connectivity index (χ2n) is 7.37. The van der Waals surface area contributed by atoms with Crippen molar-refractivity contribution >= 4 is 5.91 Å². The standard InChI is InChI=1S/C20H25N7O2/c1-3-26-18(22-27(20(26)29)13-15-7-5-4-6-8-15)16-9-11-25(12-10-16)19(28)17-14-24(2)23-21-17/h4-8,14,16H,3,9-13H2,1-2H3. The Balaban J connectivity index is 1.48. The Kier molecular flexibility index (Phi) is 5.28. The van der Waals surface area contributed by atoms with E-state index in [0.29, 0.717) is 31.9 Å². The molecule has 1 saturated heterocycles. The number of aromatic nitrogens is 6. The molecule has 0 unspecified atom stereocenters. The van der Waals surface area contributed by atoms with Crippen molar-refractivity contribution in [1.29, 1.82) is 0 Å². The predicted molar refractivity (Wildman–Crippen MR) is 107 cm³/mol. The molecule has 1 aliphatic rings. The molecule has 152 valence electrons. The number of hydrogen-bond donors (Lipinski definition) is 0. The molecule has 29 heavy (non-hydrogen) atoms. The van der Waals surface area contributed by atoms with Gasteiger partial charge in [0.15, 0.2) is 5.69 Å². The number of amides is 1. The lowest BCUT2D eigenvalue weighted by Gasteiger charge is -2.31. The molecule has 1 aromatic carbocycles. The van der Waals surface area contributed by atoms with E-state index in [9.17, 15) is 9.59 Å². The van der Waals surface area contributed by atoms with Crippen LogP contribution >= 0.6 is 0 Å². The summed E-state index contributed by atoms with van der Waals surface area (Å²) >= 11 is 0. The number of likely N-dealkylation sites (tertiary alicyclic amines) is 1. The van der Waals surface area contributed by atoms with Crippen LogP contribution in [0.3, 0.4) is 0 Å². The normalized spacial score (nSPS) is 15.0. The summed E-state index contributed by atoms with van der Waals surface area (Å²) in [6, 6.07) is 9.86. The van der Waals surface area contributed by atoms with Crippen molar-refractivity contribution in [1.82, 2.24) is 34.2 Å². The van der Waals surface area contributed by atoms with E-state index in [1.807, 2.05) is 37.3 Å². The number of aryl methyl sites for hydroxylation is 1. The van der Waals surface area contributed by atoms with Crippen LogP contribution in [0.5, 0.6) is 0 Å². The van der Waals surface area contributed by atoms with Gasteiger partial charge in [0.2, 0.25) is 0 Å². The van der Waals surface area contributed by atoms with Crippen molar-refractivity contribution in [2.24, 2.45) is 7.05 Å². The summed E-state index contributed by atoms with van der Waals surface area (Å²) in [7, 11) is 1.74. The summed E-state index contributed by atoms with van der Waals surface area (Å²) in [5.41, 5.74) is 1.33. The lowest BCUT2D eigenvalue weighted by atomic mass is 9.95. The number of carbonyl (C=O) groups excluding carboxylic acids is 1. The number of benzene rings is 1. The SMILES string of the molecule is CCn1c(C2CCN(C(=O)c3cn(C)nn3)CC2)nn(Cc2ccccc2)c1=O. The molecule has 1 aliphatic heterocycles. The van der Waals surface area contributed by atoms with Gasteiger partial charge in [-0.1, -0.05) is 35.5 Å². The lowest BCUT2D eigenvalue weighted by Crippen LogP contribution is -2.38. The first-order chi connectivity index (χ1) is 14.1. The Morgan fingerprint density at radius 3 is 2.52 bits per heavy atom. The van der Waals surface area contributed by atoms with Gasteiger partial charge in [0, 0.05) is 32.6 Å². The molecule has 1 fully saturated rings. The van der Waals surface area contributed by atoms with Crippen LogP contribution in [0.4, 0.5) is 0 Å². The van der Waals surface area contributed by atoms with Gasteiger partial charge < -0.3 is 4.90 Å². The Morgan fingerprint density at radius 1 is 1.17 bits per heavy atom. The van der Waals surface area contributed by atoms with Gasteiger partial charge in [0.25, 0.3) is 5.91 Å². The minimum Gasteiger partial charge on any atom is -0.337 e. The maximum absolute atomic E-state index is 12.8. The number of hydrogen-bond acceptors (Lipinski definition) is 5. The highest BCUT2D eigenvalue weighted by molar-refractivity contribution is 5.92. The van der Waals surface area contributed by atoms with Gasteiger partial charge in [-0.05, 0) is 25.3 Å². The van der Waals surface area contributed by atoms with Crippen molar-refractivity contribution in [3.63, 3.8) is 0 Å². The van der Waals surface area contributed by atoms with Crippen LogP contribution < -0.4 is 5.69 Å². The van der Waals surface area contributed by atoms with Gasteiger partial charge >= 0.3 is 5.69 Å². The highest BCUT2D eigenvalue weighted by Gasteiger charge is 2.29. The average Bonchev–Trinajstić information content (AvgIpc) is 3.32. The second kappa shape index (κ2) is 8.02. The van der Waals surface area contributed by atoms with Crippen LogP contribution in [0.15, 0.2) is 41.3 Å². The smallest absolute Gasteiger partial charge is 0.337 e. The molecular weight excluding hydrogens is 370 g/mol. The number of nitrogens with zero attached hydrogens (tertiary/aromatic N) is 7. The Hall–Kier alpha value is -3.23. The number of carbonyl (C=O) groups is 1. The maximum Gasteiger partial charge on any atom is 0.346 e. The molecule has 0 aliphatic carbocycles. The summed E-state index contributed by atoms with van der Waals surface area (Å²) < 4.78 is 4.83. The summed E-state index contributed by atoms with van der Waals surface area (Å²) in [5.74, 6) is 0.879. The van der Waals surface area contributed by atoms with Crippen molar-refractivity contribution < 1.29 is 4.79 Å². The topological polar surface area (TPSA) is 90.8 Å². The maximum atomic E-state index is 12.8. The third-order valence-corrected chi connectivity index (χ3v) is 5.41. The first-order valence-corrected chi connectivity index (χ1v) is 9.94. The summed E-state index contributed by atoms with van der Waals surface area (Å²) in [6.45, 7) is 4.24. The highest BCUT2D eigenvalue weighted by Crippen LogP contribution is 2.27. The van der Waals surface area contributed by atoms with E-state index in [1.54, 1.807) is 27.4 Å². The van der Waals surface area contributed by atoms with E-state index in [0.717, 1.165) is 24.2 Å². The van der Waals surface area contributed by atoms with E-state index < -0.39 is 0 Å². The monoisotopic (exact) mass is 395 g/mol. The van der Waals surface area contributed by atoms with E-state index in [-0.39, 0.29) is 17.5 Å². The average molecular weight is 395 g/mol. The highest BCUT2D eigenvalue weighted by atomic mass is 16.2. The predicted octanol–water partition coefficient (Wildman–Crippen LogP) is 1.26. The zero-order valence-corrected chi connectivity index (χ0v) is 16.7. The van der Waals surface area contributed by atoms with Crippen molar-refractivity contribution in [2.45, 2.75) is 38.8 Å². The third kappa shape index (κ3) is 3.85. The largest absolute Gasteiger partial charge is 0.346 e. The zero-order chi connectivity index (χ0) is 20.4. The number of piperidine rings is 1.